The van der Waals surface area contributed by atoms with E-state index in [-0.39, 0.29) is 23.8 Å². The molecule has 0 saturated heterocycles. The van der Waals surface area contributed by atoms with E-state index in [0.29, 0.717) is 13.2 Å². The Morgan fingerprint density at radius 1 is 0.968 bits per heavy atom. The summed E-state index contributed by atoms with van der Waals surface area (Å²) < 4.78 is 6.14. The number of ether oxygens (including phenoxy) is 1. The molecule has 0 N–H and O–H groups in total. The molecule has 2 aromatic carbocycles. The van der Waals surface area contributed by atoms with Crippen LogP contribution in [0.15, 0.2) is 96.6 Å². The standard InChI is InChI=1S/C28H27NO2/c1-20-13-15-25(16-14-20)31-19-24-17-22-8-2-3-9-23(22)18-29(24)28(30)27-12-6-10-21-7-4-5-11-26(21)27/h2-16,21,24,26H,17-19H2,1H3/t21?,24-,26?/m0/s1. The number of amides is 1. The lowest BCUT2D eigenvalue weighted by molar-refractivity contribution is -0.131. The Morgan fingerprint density at radius 2 is 1.71 bits per heavy atom. The summed E-state index contributed by atoms with van der Waals surface area (Å²) in [6.45, 7) is 3.17. The van der Waals surface area contributed by atoms with E-state index < -0.39 is 0 Å². The molecule has 3 aliphatic rings. The molecule has 0 fully saturated rings. The predicted octanol–water partition coefficient (Wildman–Crippen LogP) is 5.18. The van der Waals surface area contributed by atoms with Crippen molar-refractivity contribution in [1.82, 2.24) is 4.90 Å². The quantitative estimate of drug-likeness (QED) is 0.696. The van der Waals surface area contributed by atoms with Crippen molar-refractivity contribution in [3.8, 4) is 5.75 Å². The van der Waals surface area contributed by atoms with Crippen LogP contribution in [0.5, 0.6) is 5.75 Å². The van der Waals surface area contributed by atoms with Gasteiger partial charge in [-0.2, -0.15) is 0 Å². The maximum absolute atomic E-state index is 13.8. The van der Waals surface area contributed by atoms with Gasteiger partial charge in [-0.05, 0) is 36.6 Å². The van der Waals surface area contributed by atoms with Gasteiger partial charge in [-0.1, -0.05) is 84.5 Å². The molecule has 0 bridgehead atoms. The third kappa shape index (κ3) is 4.00. The van der Waals surface area contributed by atoms with E-state index in [4.69, 9.17) is 4.74 Å². The van der Waals surface area contributed by atoms with Gasteiger partial charge < -0.3 is 9.64 Å². The molecule has 0 radical (unpaired) electrons. The molecule has 1 heterocycles. The van der Waals surface area contributed by atoms with E-state index >= 15 is 0 Å². The van der Waals surface area contributed by atoms with Gasteiger partial charge in [-0.25, -0.2) is 0 Å². The fourth-order valence-electron chi connectivity index (χ4n) is 4.70. The van der Waals surface area contributed by atoms with Crippen LogP contribution in [-0.2, 0) is 17.8 Å². The first-order valence-electron chi connectivity index (χ1n) is 11.0. The first-order chi connectivity index (χ1) is 15.2. The highest BCUT2D eigenvalue weighted by Crippen LogP contribution is 2.34. The minimum absolute atomic E-state index is 0.00271. The fourth-order valence-corrected chi connectivity index (χ4v) is 4.70. The van der Waals surface area contributed by atoms with E-state index in [2.05, 4.69) is 67.6 Å². The van der Waals surface area contributed by atoms with Gasteiger partial charge in [0.2, 0.25) is 0 Å². The third-order valence-corrected chi connectivity index (χ3v) is 6.47. The van der Waals surface area contributed by atoms with Crippen LogP contribution in [0.3, 0.4) is 0 Å². The van der Waals surface area contributed by atoms with Crippen LogP contribution in [-0.4, -0.2) is 23.5 Å². The zero-order valence-corrected chi connectivity index (χ0v) is 17.8. The number of fused-ring (bicyclic) bond motifs is 2. The van der Waals surface area contributed by atoms with E-state index in [1.807, 2.05) is 35.3 Å². The van der Waals surface area contributed by atoms with Crippen LogP contribution in [0.4, 0.5) is 0 Å². The molecule has 3 heteroatoms. The average Bonchev–Trinajstić information content (AvgIpc) is 2.82. The Hall–Kier alpha value is -3.33. The second-order valence-electron chi connectivity index (χ2n) is 8.56. The summed E-state index contributed by atoms with van der Waals surface area (Å²) in [5.41, 5.74) is 4.61. The van der Waals surface area contributed by atoms with Gasteiger partial charge in [0.15, 0.2) is 0 Å². The van der Waals surface area contributed by atoms with E-state index in [0.717, 1.165) is 17.7 Å². The molecule has 0 spiro atoms. The number of nitrogens with zero attached hydrogens (tertiary/aromatic N) is 1. The van der Waals surface area contributed by atoms with Crippen molar-refractivity contribution in [3.05, 3.63) is 113 Å². The van der Waals surface area contributed by atoms with Gasteiger partial charge in [-0.15, -0.1) is 0 Å². The first-order valence-corrected chi connectivity index (χ1v) is 11.0. The average molecular weight is 410 g/mol. The lowest BCUT2D eigenvalue weighted by Crippen LogP contribution is -2.48. The topological polar surface area (TPSA) is 29.5 Å². The van der Waals surface area contributed by atoms with Crippen molar-refractivity contribution in [3.63, 3.8) is 0 Å². The van der Waals surface area contributed by atoms with Crippen LogP contribution in [0, 0.1) is 18.8 Å². The maximum Gasteiger partial charge on any atom is 0.251 e. The van der Waals surface area contributed by atoms with Crippen LogP contribution < -0.4 is 4.74 Å². The van der Waals surface area contributed by atoms with E-state index in [1.54, 1.807) is 0 Å². The smallest absolute Gasteiger partial charge is 0.251 e. The molecule has 0 aromatic heterocycles. The molecular weight excluding hydrogens is 382 g/mol. The van der Waals surface area contributed by atoms with Crippen molar-refractivity contribution in [2.24, 2.45) is 11.8 Å². The molecule has 2 aromatic rings. The predicted molar refractivity (Wildman–Crippen MR) is 124 cm³/mol. The summed E-state index contributed by atoms with van der Waals surface area (Å²) in [5.74, 6) is 1.33. The molecule has 1 aliphatic heterocycles. The van der Waals surface area contributed by atoms with E-state index in [1.165, 1.54) is 16.7 Å². The Morgan fingerprint density at radius 3 is 2.55 bits per heavy atom. The van der Waals surface area contributed by atoms with Crippen LogP contribution in [0.2, 0.25) is 0 Å². The molecular formula is C28H27NO2. The summed E-state index contributed by atoms with van der Waals surface area (Å²) in [5, 5.41) is 0. The SMILES string of the molecule is Cc1ccc(OC[C@@H]2Cc3ccccc3CN2C(=O)C2=CC=CC3C=CC=CC23)cc1. The molecule has 3 atom stereocenters. The van der Waals surface area contributed by atoms with Gasteiger partial charge in [0.25, 0.3) is 5.91 Å². The van der Waals surface area contributed by atoms with Crippen molar-refractivity contribution in [2.45, 2.75) is 25.9 Å². The number of allylic oxidation sites excluding steroid dienone is 7. The molecule has 0 saturated carbocycles. The highest BCUT2D eigenvalue weighted by atomic mass is 16.5. The second kappa shape index (κ2) is 8.43. The first kappa shape index (κ1) is 19.6. The maximum atomic E-state index is 13.8. The summed E-state index contributed by atoms with van der Waals surface area (Å²) in [6.07, 6.45) is 15.4. The van der Waals surface area contributed by atoms with Crippen molar-refractivity contribution in [1.29, 1.82) is 0 Å². The number of hydrogen-bond acceptors (Lipinski definition) is 2. The molecule has 2 unspecified atom stereocenters. The van der Waals surface area contributed by atoms with Gasteiger partial charge in [0, 0.05) is 24.0 Å². The van der Waals surface area contributed by atoms with Gasteiger partial charge in [-0.3, -0.25) is 4.79 Å². The Balaban J connectivity index is 1.41. The van der Waals surface area contributed by atoms with Gasteiger partial charge in [0.05, 0.1) is 6.04 Å². The van der Waals surface area contributed by atoms with Crippen molar-refractivity contribution < 1.29 is 9.53 Å². The zero-order valence-electron chi connectivity index (χ0n) is 17.8. The second-order valence-corrected chi connectivity index (χ2v) is 8.56. The summed E-state index contributed by atoms with van der Waals surface area (Å²) in [6, 6.07) is 16.5. The highest BCUT2D eigenvalue weighted by molar-refractivity contribution is 5.95. The Bertz CT molecular complexity index is 1090. The highest BCUT2D eigenvalue weighted by Gasteiger charge is 2.35. The summed E-state index contributed by atoms with van der Waals surface area (Å²) in [4.78, 5) is 15.8. The van der Waals surface area contributed by atoms with Crippen molar-refractivity contribution in [2.75, 3.05) is 6.61 Å². The van der Waals surface area contributed by atoms with Crippen molar-refractivity contribution >= 4 is 5.91 Å². The minimum atomic E-state index is -0.00271. The number of benzene rings is 2. The Labute approximate surface area is 184 Å². The zero-order chi connectivity index (χ0) is 21.2. The number of hydrogen-bond donors (Lipinski definition) is 0. The number of aryl methyl sites for hydroxylation is 1. The monoisotopic (exact) mass is 409 g/mol. The number of rotatable bonds is 4. The minimum Gasteiger partial charge on any atom is -0.491 e. The lowest BCUT2D eigenvalue weighted by Gasteiger charge is -2.39. The molecule has 1 amide bonds. The van der Waals surface area contributed by atoms with Gasteiger partial charge in [0.1, 0.15) is 12.4 Å². The molecule has 3 nitrogen and oxygen atoms in total. The Kier molecular flexibility index (Phi) is 5.33. The molecule has 156 valence electrons. The molecule has 31 heavy (non-hydrogen) atoms. The fraction of sp³-hybridized carbons (Fsp3) is 0.250. The normalized spacial score (nSPS) is 23.7. The van der Waals surface area contributed by atoms with Crippen LogP contribution in [0.1, 0.15) is 16.7 Å². The number of carbonyl (C=O) groups excluding carboxylic acids is 1. The number of carbonyl (C=O) groups is 1. The van der Waals surface area contributed by atoms with Crippen LogP contribution >= 0.6 is 0 Å². The summed E-state index contributed by atoms with van der Waals surface area (Å²) in [7, 11) is 0. The lowest BCUT2D eigenvalue weighted by atomic mass is 9.78. The largest absolute Gasteiger partial charge is 0.491 e. The van der Waals surface area contributed by atoms with Crippen LogP contribution in [0.25, 0.3) is 0 Å². The third-order valence-electron chi connectivity index (χ3n) is 6.47. The van der Waals surface area contributed by atoms with E-state index in [9.17, 15) is 4.79 Å². The molecule has 2 aliphatic carbocycles. The molecule has 5 rings (SSSR count). The summed E-state index contributed by atoms with van der Waals surface area (Å²) >= 11 is 0. The van der Waals surface area contributed by atoms with Gasteiger partial charge >= 0.3 is 0 Å².